The van der Waals surface area contributed by atoms with Gasteiger partial charge < -0.3 is 5.73 Å². The maximum Gasteiger partial charge on any atom is 0.0195 e. The van der Waals surface area contributed by atoms with Crippen molar-refractivity contribution in [2.24, 2.45) is 5.73 Å². The molecule has 1 aliphatic rings. The molecule has 0 aromatic heterocycles. The molecule has 2 rings (SSSR count). The molecule has 1 aromatic rings. The van der Waals surface area contributed by atoms with E-state index in [4.69, 9.17) is 5.73 Å². The Morgan fingerprint density at radius 1 is 1.29 bits per heavy atom. The number of rotatable bonds is 2. The second-order valence-corrected chi connectivity index (χ2v) is 4.74. The molecule has 0 aliphatic heterocycles. The van der Waals surface area contributed by atoms with Crippen molar-refractivity contribution < 1.29 is 0 Å². The first kappa shape index (κ1) is 9.72. The number of aryl methyl sites for hydroxylation is 1. The van der Waals surface area contributed by atoms with Crippen LogP contribution in [0.2, 0.25) is 0 Å². The van der Waals surface area contributed by atoms with E-state index in [0.717, 1.165) is 6.42 Å². The SMILES string of the molecule is Cc1cccc(CC2(N)CCCC2)c1. The van der Waals surface area contributed by atoms with E-state index >= 15 is 0 Å². The third-order valence-corrected chi connectivity index (χ3v) is 3.24. The molecule has 0 amide bonds. The molecule has 1 heteroatoms. The van der Waals surface area contributed by atoms with Gasteiger partial charge in [-0.05, 0) is 31.7 Å². The Hall–Kier alpha value is -0.820. The molecule has 0 spiro atoms. The van der Waals surface area contributed by atoms with E-state index in [0.29, 0.717) is 0 Å². The lowest BCUT2D eigenvalue weighted by atomic mass is 9.90. The highest BCUT2D eigenvalue weighted by Crippen LogP contribution is 2.30. The van der Waals surface area contributed by atoms with Crippen LogP contribution in [0, 0.1) is 6.92 Å². The summed E-state index contributed by atoms with van der Waals surface area (Å²) in [6, 6.07) is 8.72. The first-order valence-electron chi connectivity index (χ1n) is 5.52. The van der Waals surface area contributed by atoms with Crippen LogP contribution in [0.15, 0.2) is 24.3 Å². The molecule has 1 aromatic carbocycles. The second kappa shape index (κ2) is 3.74. The molecule has 1 saturated carbocycles. The molecule has 0 heterocycles. The Morgan fingerprint density at radius 3 is 2.64 bits per heavy atom. The minimum absolute atomic E-state index is 0.0911. The Morgan fingerprint density at radius 2 is 2.00 bits per heavy atom. The lowest BCUT2D eigenvalue weighted by Crippen LogP contribution is -2.38. The van der Waals surface area contributed by atoms with Crippen LogP contribution < -0.4 is 5.73 Å². The van der Waals surface area contributed by atoms with Gasteiger partial charge in [0.25, 0.3) is 0 Å². The lowest BCUT2D eigenvalue weighted by molar-refractivity contribution is 0.436. The van der Waals surface area contributed by atoms with Crippen molar-refractivity contribution in [2.45, 2.75) is 44.6 Å². The van der Waals surface area contributed by atoms with Crippen molar-refractivity contribution >= 4 is 0 Å². The van der Waals surface area contributed by atoms with Crippen molar-refractivity contribution in [1.82, 2.24) is 0 Å². The molecule has 0 bridgehead atoms. The summed E-state index contributed by atoms with van der Waals surface area (Å²) in [5.41, 5.74) is 9.17. The van der Waals surface area contributed by atoms with Gasteiger partial charge in [0.1, 0.15) is 0 Å². The largest absolute Gasteiger partial charge is 0.325 e. The molecule has 0 saturated heterocycles. The maximum absolute atomic E-state index is 6.34. The van der Waals surface area contributed by atoms with Gasteiger partial charge in [-0.3, -0.25) is 0 Å². The average molecular weight is 189 g/mol. The van der Waals surface area contributed by atoms with E-state index in [1.54, 1.807) is 0 Å². The summed E-state index contributed by atoms with van der Waals surface area (Å²) in [7, 11) is 0. The van der Waals surface area contributed by atoms with Crippen LogP contribution >= 0.6 is 0 Å². The van der Waals surface area contributed by atoms with Crippen molar-refractivity contribution in [1.29, 1.82) is 0 Å². The molecule has 1 fully saturated rings. The average Bonchev–Trinajstić information content (AvgIpc) is 2.51. The summed E-state index contributed by atoms with van der Waals surface area (Å²) in [5, 5.41) is 0. The Labute approximate surface area is 86.3 Å². The maximum atomic E-state index is 6.34. The van der Waals surface area contributed by atoms with Crippen LogP contribution in [0.4, 0.5) is 0 Å². The van der Waals surface area contributed by atoms with Crippen LogP contribution in [-0.2, 0) is 6.42 Å². The summed E-state index contributed by atoms with van der Waals surface area (Å²) in [6.45, 7) is 2.14. The summed E-state index contributed by atoms with van der Waals surface area (Å²) in [5.74, 6) is 0. The van der Waals surface area contributed by atoms with Gasteiger partial charge in [0, 0.05) is 5.54 Å². The second-order valence-electron chi connectivity index (χ2n) is 4.74. The fourth-order valence-corrected chi connectivity index (χ4v) is 2.48. The molecule has 76 valence electrons. The third kappa shape index (κ3) is 2.16. The highest BCUT2D eigenvalue weighted by molar-refractivity contribution is 5.24. The zero-order valence-electron chi connectivity index (χ0n) is 8.92. The minimum atomic E-state index is 0.0911. The Bertz CT molecular complexity index is 311. The Kier molecular flexibility index (Phi) is 2.60. The van der Waals surface area contributed by atoms with Gasteiger partial charge in [-0.15, -0.1) is 0 Å². The van der Waals surface area contributed by atoms with Gasteiger partial charge in [-0.25, -0.2) is 0 Å². The molecule has 2 N–H and O–H groups in total. The van der Waals surface area contributed by atoms with Gasteiger partial charge in [0.2, 0.25) is 0 Å². The highest BCUT2D eigenvalue weighted by Gasteiger charge is 2.29. The van der Waals surface area contributed by atoms with E-state index in [9.17, 15) is 0 Å². The predicted octanol–water partition coefficient (Wildman–Crippen LogP) is 2.81. The van der Waals surface area contributed by atoms with Gasteiger partial charge in [0.05, 0.1) is 0 Å². The number of hydrogen-bond donors (Lipinski definition) is 1. The van der Waals surface area contributed by atoms with Crippen molar-refractivity contribution in [2.75, 3.05) is 0 Å². The monoisotopic (exact) mass is 189 g/mol. The number of hydrogen-bond acceptors (Lipinski definition) is 1. The summed E-state index contributed by atoms with van der Waals surface area (Å²) in [4.78, 5) is 0. The zero-order chi connectivity index (χ0) is 10.0. The zero-order valence-corrected chi connectivity index (χ0v) is 8.92. The number of nitrogens with two attached hydrogens (primary N) is 1. The summed E-state index contributed by atoms with van der Waals surface area (Å²) >= 11 is 0. The van der Waals surface area contributed by atoms with Crippen LogP contribution in [0.25, 0.3) is 0 Å². The van der Waals surface area contributed by atoms with Crippen LogP contribution in [0.3, 0.4) is 0 Å². The molecule has 14 heavy (non-hydrogen) atoms. The Balaban J connectivity index is 2.10. The van der Waals surface area contributed by atoms with Crippen LogP contribution in [-0.4, -0.2) is 5.54 Å². The fraction of sp³-hybridized carbons (Fsp3) is 0.538. The van der Waals surface area contributed by atoms with Gasteiger partial charge in [0.15, 0.2) is 0 Å². The molecular weight excluding hydrogens is 170 g/mol. The van der Waals surface area contributed by atoms with E-state index in [-0.39, 0.29) is 5.54 Å². The van der Waals surface area contributed by atoms with Crippen molar-refractivity contribution in [3.05, 3.63) is 35.4 Å². The smallest absolute Gasteiger partial charge is 0.0195 e. The highest BCUT2D eigenvalue weighted by atomic mass is 14.7. The first-order chi connectivity index (χ1) is 6.68. The molecule has 1 nitrogen and oxygen atoms in total. The lowest BCUT2D eigenvalue weighted by Gasteiger charge is -2.23. The van der Waals surface area contributed by atoms with E-state index < -0.39 is 0 Å². The molecule has 0 atom stereocenters. The van der Waals surface area contributed by atoms with Gasteiger partial charge in [-0.1, -0.05) is 42.7 Å². The summed E-state index contributed by atoms with van der Waals surface area (Å²) in [6.07, 6.45) is 6.06. The van der Waals surface area contributed by atoms with Gasteiger partial charge in [-0.2, -0.15) is 0 Å². The normalized spacial score (nSPS) is 19.9. The molecule has 1 aliphatic carbocycles. The van der Waals surface area contributed by atoms with E-state index in [1.807, 2.05) is 0 Å². The number of benzene rings is 1. The van der Waals surface area contributed by atoms with Crippen LogP contribution in [0.1, 0.15) is 36.8 Å². The topological polar surface area (TPSA) is 26.0 Å². The third-order valence-electron chi connectivity index (χ3n) is 3.24. The predicted molar refractivity (Wildman–Crippen MR) is 60.3 cm³/mol. The van der Waals surface area contributed by atoms with Crippen molar-refractivity contribution in [3.63, 3.8) is 0 Å². The molecule has 0 radical (unpaired) electrons. The van der Waals surface area contributed by atoms with Gasteiger partial charge >= 0.3 is 0 Å². The molecule has 0 unspecified atom stereocenters. The van der Waals surface area contributed by atoms with E-state index in [2.05, 4.69) is 31.2 Å². The van der Waals surface area contributed by atoms with Crippen LogP contribution in [0.5, 0.6) is 0 Å². The standard InChI is InChI=1S/C13H19N/c1-11-5-4-6-12(9-11)10-13(14)7-2-3-8-13/h4-6,9H,2-3,7-8,10,14H2,1H3. The quantitative estimate of drug-likeness (QED) is 0.760. The fourth-order valence-electron chi connectivity index (χ4n) is 2.48. The summed E-state index contributed by atoms with van der Waals surface area (Å²) < 4.78 is 0. The van der Waals surface area contributed by atoms with E-state index in [1.165, 1.54) is 36.8 Å². The first-order valence-corrected chi connectivity index (χ1v) is 5.52. The molecular formula is C13H19N. The minimum Gasteiger partial charge on any atom is -0.325 e. The van der Waals surface area contributed by atoms with Crippen molar-refractivity contribution in [3.8, 4) is 0 Å².